The zero-order chi connectivity index (χ0) is 19.4. The lowest BCUT2D eigenvalue weighted by molar-refractivity contribution is -0.119. The summed E-state index contributed by atoms with van der Waals surface area (Å²) in [6, 6.07) is 5.10. The number of fused-ring (bicyclic) bond motifs is 1. The van der Waals surface area contributed by atoms with Gasteiger partial charge in [0, 0.05) is 24.7 Å². The first-order chi connectivity index (χ1) is 12.9. The van der Waals surface area contributed by atoms with E-state index in [2.05, 4.69) is 10.3 Å². The van der Waals surface area contributed by atoms with Gasteiger partial charge in [0.15, 0.2) is 5.16 Å². The first-order valence-corrected chi connectivity index (χ1v) is 10.5. The molecule has 27 heavy (non-hydrogen) atoms. The fraction of sp³-hybridized carbons (Fsp3) is 0.526. The molecule has 146 valence electrons. The highest BCUT2D eigenvalue weighted by atomic mass is 35.5. The van der Waals surface area contributed by atoms with Crippen molar-refractivity contribution < 1.29 is 9.53 Å². The van der Waals surface area contributed by atoms with E-state index in [-0.39, 0.29) is 29.2 Å². The summed E-state index contributed by atoms with van der Waals surface area (Å²) < 4.78 is 7.15. The van der Waals surface area contributed by atoms with Gasteiger partial charge >= 0.3 is 0 Å². The highest BCUT2D eigenvalue weighted by Gasteiger charge is 2.18. The van der Waals surface area contributed by atoms with Gasteiger partial charge in [0.05, 0.1) is 22.8 Å². The number of ether oxygens (including phenoxy) is 1. The van der Waals surface area contributed by atoms with Gasteiger partial charge < -0.3 is 10.1 Å². The molecule has 1 aliphatic heterocycles. The SMILES string of the molecule is CC(C)Cn1c(SCC(=O)NC[C@H]2CCCO2)nc2ccc(Cl)cc2c1=O. The smallest absolute Gasteiger partial charge is 0.262 e. The van der Waals surface area contributed by atoms with Gasteiger partial charge in [-0.25, -0.2) is 4.98 Å². The van der Waals surface area contributed by atoms with E-state index in [9.17, 15) is 9.59 Å². The molecule has 6 nitrogen and oxygen atoms in total. The van der Waals surface area contributed by atoms with E-state index in [0.29, 0.717) is 34.2 Å². The van der Waals surface area contributed by atoms with E-state index >= 15 is 0 Å². The predicted octanol–water partition coefficient (Wildman–Crippen LogP) is 3.09. The molecule has 1 fully saturated rings. The first kappa shape index (κ1) is 20.2. The van der Waals surface area contributed by atoms with E-state index in [0.717, 1.165) is 19.4 Å². The number of nitrogens with zero attached hydrogens (tertiary/aromatic N) is 2. The lowest BCUT2D eigenvalue weighted by Gasteiger charge is -2.15. The molecule has 0 unspecified atom stereocenters. The van der Waals surface area contributed by atoms with Crippen molar-refractivity contribution in [3.05, 3.63) is 33.6 Å². The summed E-state index contributed by atoms with van der Waals surface area (Å²) >= 11 is 7.31. The van der Waals surface area contributed by atoms with Gasteiger partial charge in [0.25, 0.3) is 5.56 Å². The summed E-state index contributed by atoms with van der Waals surface area (Å²) in [6.07, 6.45) is 2.14. The Morgan fingerprint density at radius 2 is 2.30 bits per heavy atom. The Labute approximate surface area is 167 Å². The van der Waals surface area contributed by atoms with E-state index < -0.39 is 0 Å². The van der Waals surface area contributed by atoms with Crippen molar-refractivity contribution in [1.29, 1.82) is 0 Å². The molecule has 2 heterocycles. The molecule has 0 bridgehead atoms. The number of benzene rings is 1. The molecule has 0 saturated carbocycles. The minimum Gasteiger partial charge on any atom is -0.376 e. The number of halogens is 1. The maximum Gasteiger partial charge on any atom is 0.262 e. The standard InChI is InChI=1S/C19H24ClN3O3S/c1-12(2)10-23-18(25)15-8-13(20)5-6-16(15)22-19(23)27-11-17(24)21-9-14-4-3-7-26-14/h5-6,8,12,14H,3-4,7,9-11H2,1-2H3,(H,21,24)/t14-/m1/s1. The number of hydrogen-bond donors (Lipinski definition) is 1. The molecular formula is C19H24ClN3O3S. The molecule has 0 spiro atoms. The van der Waals surface area contributed by atoms with Gasteiger partial charge in [-0.2, -0.15) is 0 Å². The average molecular weight is 410 g/mol. The summed E-state index contributed by atoms with van der Waals surface area (Å²) in [6.45, 7) is 5.91. The fourth-order valence-corrected chi connectivity index (χ4v) is 4.03. The second-order valence-electron chi connectivity index (χ2n) is 7.09. The van der Waals surface area contributed by atoms with Gasteiger partial charge in [0.1, 0.15) is 0 Å². The van der Waals surface area contributed by atoms with Crippen molar-refractivity contribution in [3.63, 3.8) is 0 Å². The summed E-state index contributed by atoms with van der Waals surface area (Å²) in [7, 11) is 0. The molecule has 0 aliphatic carbocycles. The van der Waals surface area contributed by atoms with Crippen molar-refractivity contribution in [1.82, 2.24) is 14.9 Å². The average Bonchev–Trinajstić information content (AvgIpc) is 3.15. The number of carbonyl (C=O) groups is 1. The maximum atomic E-state index is 12.9. The van der Waals surface area contributed by atoms with Crippen LogP contribution in [0.25, 0.3) is 10.9 Å². The lowest BCUT2D eigenvalue weighted by atomic mass is 10.2. The normalized spacial score (nSPS) is 17.0. The fourth-order valence-electron chi connectivity index (χ4n) is 3.02. The van der Waals surface area contributed by atoms with E-state index in [1.807, 2.05) is 13.8 Å². The van der Waals surface area contributed by atoms with Crippen LogP contribution < -0.4 is 10.9 Å². The molecular weight excluding hydrogens is 386 g/mol. The quantitative estimate of drug-likeness (QED) is 0.562. The summed E-state index contributed by atoms with van der Waals surface area (Å²) in [5, 5.41) is 4.45. The minimum atomic E-state index is -0.126. The third-order valence-electron chi connectivity index (χ3n) is 4.31. The minimum absolute atomic E-state index is 0.0861. The van der Waals surface area contributed by atoms with Crippen LogP contribution in [0.15, 0.2) is 28.2 Å². The van der Waals surface area contributed by atoms with Gasteiger partial charge in [-0.15, -0.1) is 0 Å². The van der Waals surface area contributed by atoms with Crippen LogP contribution in [-0.2, 0) is 16.1 Å². The summed E-state index contributed by atoms with van der Waals surface area (Å²) in [5.74, 6) is 0.391. The number of nitrogens with one attached hydrogen (secondary N) is 1. The number of hydrogen-bond acceptors (Lipinski definition) is 5. The number of thioether (sulfide) groups is 1. The Morgan fingerprint density at radius 3 is 3.00 bits per heavy atom. The topological polar surface area (TPSA) is 73.2 Å². The van der Waals surface area contributed by atoms with E-state index in [1.54, 1.807) is 22.8 Å². The van der Waals surface area contributed by atoms with Crippen molar-refractivity contribution in [2.24, 2.45) is 5.92 Å². The van der Waals surface area contributed by atoms with Gasteiger partial charge in [-0.1, -0.05) is 37.2 Å². The van der Waals surface area contributed by atoms with Crippen LogP contribution in [0.2, 0.25) is 5.02 Å². The first-order valence-electron chi connectivity index (χ1n) is 9.15. The molecule has 1 N–H and O–H groups in total. The monoisotopic (exact) mass is 409 g/mol. The zero-order valence-electron chi connectivity index (χ0n) is 15.5. The number of carbonyl (C=O) groups excluding carboxylic acids is 1. The van der Waals surface area contributed by atoms with Crippen LogP contribution in [0.4, 0.5) is 0 Å². The Balaban J connectivity index is 1.76. The van der Waals surface area contributed by atoms with Gasteiger partial charge in [0.2, 0.25) is 5.91 Å². The second-order valence-corrected chi connectivity index (χ2v) is 8.47. The Kier molecular flexibility index (Phi) is 6.78. The molecule has 0 radical (unpaired) electrons. The largest absolute Gasteiger partial charge is 0.376 e. The molecule has 3 rings (SSSR count). The van der Waals surface area contributed by atoms with Crippen LogP contribution in [0.5, 0.6) is 0 Å². The highest BCUT2D eigenvalue weighted by molar-refractivity contribution is 7.99. The zero-order valence-corrected chi connectivity index (χ0v) is 17.1. The molecule has 1 aromatic heterocycles. The lowest BCUT2D eigenvalue weighted by Crippen LogP contribution is -2.33. The van der Waals surface area contributed by atoms with Crippen molar-refractivity contribution in [3.8, 4) is 0 Å². The summed E-state index contributed by atoms with van der Waals surface area (Å²) in [5.41, 5.74) is 0.463. The predicted molar refractivity (Wildman–Crippen MR) is 109 cm³/mol. The Bertz CT molecular complexity index is 878. The Morgan fingerprint density at radius 1 is 1.48 bits per heavy atom. The van der Waals surface area contributed by atoms with Crippen LogP contribution >= 0.6 is 23.4 Å². The van der Waals surface area contributed by atoms with Gasteiger partial charge in [-0.05, 0) is 37.0 Å². The van der Waals surface area contributed by atoms with Crippen molar-refractivity contribution >= 4 is 40.2 Å². The highest BCUT2D eigenvalue weighted by Crippen LogP contribution is 2.21. The third-order valence-corrected chi connectivity index (χ3v) is 5.52. The Hall–Kier alpha value is -1.57. The number of amides is 1. The maximum absolute atomic E-state index is 12.9. The number of aromatic nitrogens is 2. The second kappa shape index (κ2) is 9.08. The van der Waals surface area contributed by atoms with Crippen LogP contribution in [-0.4, -0.2) is 40.5 Å². The van der Waals surface area contributed by atoms with Crippen LogP contribution in [0.3, 0.4) is 0 Å². The van der Waals surface area contributed by atoms with Gasteiger partial charge in [-0.3, -0.25) is 14.2 Å². The molecule has 1 atom stereocenters. The molecule has 1 aromatic carbocycles. The molecule has 1 saturated heterocycles. The van der Waals surface area contributed by atoms with Crippen LogP contribution in [0.1, 0.15) is 26.7 Å². The van der Waals surface area contributed by atoms with Crippen molar-refractivity contribution in [2.75, 3.05) is 18.9 Å². The van der Waals surface area contributed by atoms with Crippen LogP contribution in [0, 0.1) is 5.92 Å². The van der Waals surface area contributed by atoms with Crippen molar-refractivity contribution in [2.45, 2.75) is 44.5 Å². The summed E-state index contributed by atoms with van der Waals surface area (Å²) in [4.78, 5) is 29.7. The molecule has 2 aromatic rings. The molecule has 8 heteroatoms. The third kappa shape index (κ3) is 5.24. The molecule has 1 amide bonds. The number of rotatable bonds is 7. The van der Waals surface area contributed by atoms with E-state index in [4.69, 9.17) is 16.3 Å². The molecule has 1 aliphatic rings. The van der Waals surface area contributed by atoms with E-state index in [1.165, 1.54) is 11.8 Å².